The molecule has 5 rings (SSSR count). The SMILES string of the molecule is Cc1nc(N2CCN(C(=O)c3ccc(F)cc3)CC2)c2cnn(-c3ccccc3Cl)c2n1. The summed E-state index contributed by atoms with van der Waals surface area (Å²) in [6, 6.07) is 13.1. The summed E-state index contributed by atoms with van der Waals surface area (Å²) < 4.78 is 14.9. The molecule has 162 valence electrons. The molecule has 1 aliphatic heterocycles. The highest BCUT2D eigenvalue weighted by Crippen LogP contribution is 2.29. The van der Waals surface area contributed by atoms with Gasteiger partial charge in [0.2, 0.25) is 0 Å². The standard InChI is InChI=1S/C23H20ClFN6O/c1-15-27-21(18-14-26-31(22(18)28-15)20-5-3-2-4-19(20)24)29-10-12-30(13-11-29)23(32)16-6-8-17(25)9-7-16/h2-9,14H,10-13H2,1H3. The minimum atomic E-state index is -0.355. The maximum absolute atomic E-state index is 13.2. The van der Waals surface area contributed by atoms with E-state index in [0.717, 1.165) is 16.9 Å². The van der Waals surface area contributed by atoms with E-state index < -0.39 is 0 Å². The molecule has 0 radical (unpaired) electrons. The molecule has 1 saturated heterocycles. The van der Waals surface area contributed by atoms with Crippen molar-refractivity contribution in [3.63, 3.8) is 0 Å². The van der Waals surface area contributed by atoms with Crippen molar-refractivity contribution in [3.05, 3.63) is 77.0 Å². The van der Waals surface area contributed by atoms with Crippen molar-refractivity contribution in [2.24, 2.45) is 0 Å². The van der Waals surface area contributed by atoms with Gasteiger partial charge in [0.05, 0.1) is 22.3 Å². The number of hydrogen-bond acceptors (Lipinski definition) is 5. The zero-order valence-electron chi connectivity index (χ0n) is 17.4. The van der Waals surface area contributed by atoms with Crippen molar-refractivity contribution < 1.29 is 9.18 Å². The third-order valence-corrected chi connectivity index (χ3v) is 5.88. The summed E-state index contributed by atoms with van der Waals surface area (Å²) in [5, 5.41) is 5.93. The van der Waals surface area contributed by atoms with Gasteiger partial charge in [-0.3, -0.25) is 4.79 Å². The number of amides is 1. The molecule has 7 nitrogen and oxygen atoms in total. The van der Waals surface area contributed by atoms with Crippen LogP contribution in [0, 0.1) is 12.7 Å². The van der Waals surface area contributed by atoms with Crippen molar-refractivity contribution in [1.29, 1.82) is 0 Å². The number of hydrogen-bond donors (Lipinski definition) is 0. The molecule has 0 atom stereocenters. The highest BCUT2D eigenvalue weighted by Gasteiger charge is 2.25. The van der Waals surface area contributed by atoms with E-state index in [0.29, 0.717) is 48.2 Å². The zero-order chi connectivity index (χ0) is 22.2. The van der Waals surface area contributed by atoms with Gasteiger partial charge in [0.25, 0.3) is 5.91 Å². The Bertz CT molecular complexity index is 1300. The summed E-state index contributed by atoms with van der Waals surface area (Å²) >= 11 is 6.38. The van der Waals surface area contributed by atoms with Crippen LogP contribution in [0.4, 0.5) is 10.2 Å². The van der Waals surface area contributed by atoms with E-state index in [1.807, 2.05) is 31.2 Å². The van der Waals surface area contributed by atoms with E-state index >= 15 is 0 Å². The third-order valence-electron chi connectivity index (χ3n) is 5.56. The minimum Gasteiger partial charge on any atom is -0.352 e. The van der Waals surface area contributed by atoms with Crippen molar-refractivity contribution in [2.75, 3.05) is 31.1 Å². The van der Waals surface area contributed by atoms with Crippen molar-refractivity contribution >= 4 is 34.4 Å². The van der Waals surface area contributed by atoms with Crippen LogP contribution in [0.15, 0.2) is 54.7 Å². The molecule has 0 spiro atoms. The smallest absolute Gasteiger partial charge is 0.253 e. The van der Waals surface area contributed by atoms with Crippen LogP contribution >= 0.6 is 11.6 Å². The Balaban J connectivity index is 1.41. The fourth-order valence-corrected chi connectivity index (χ4v) is 4.15. The van der Waals surface area contributed by atoms with Crippen LogP contribution in [0.25, 0.3) is 16.7 Å². The minimum absolute atomic E-state index is 0.0970. The van der Waals surface area contributed by atoms with Gasteiger partial charge < -0.3 is 9.80 Å². The Morgan fingerprint density at radius 2 is 1.72 bits per heavy atom. The molecule has 0 saturated carbocycles. The first-order valence-corrected chi connectivity index (χ1v) is 10.7. The lowest BCUT2D eigenvalue weighted by Crippen LogP contribution is -2.49. The molecule has 1 fully saturated rings. The molecule has 2 aromatic heterocycles. The Morgan fingerprint density at radius 3 is 2.44 bits per heavy atom. The topological polar surface area (TPSA) is 67.2 Å². The van der Waals surface area contributed by atoms with Crippen LogP contribution < -0.4 is 4.90 Å². The number of carbonyl (C=O) groups excluding carboxylic acids is 1. The first kappa shape index (κ1) is 20.4. The predicted molar refractivity (Wildman–Crippen MR) is 121 cm³/mol. The molecule has 32 heavy (non-hydrogen) atoms. The number of anilines is 1. The van der Waals surface area contributed by atoms with Gasteiger partial charge in [-0.05, 0) is 43.3 Å². The predicted octanol–water partition coefficient (Wildman–Crippen LogP) is 3.88. The second kappa shape index (κ2) is 8.20. The average molecular weight is 451 g/mol. The normalized spacial score (nSPS) is 14.2. The summed E-state index contributed by atoms with van der Waals surface area (Å²) in [6.07, 6.45) is 1.75. The molecule has 2 aromatic carbocycles. The number of piperazine rings is 1. The quantitative estimate of drug-likeness (QED) is 0.474. The Labute approximate surface area is 189 Å². The maximum Gasteiger partial charge on any atom is 0.253 e. The van der Waals surface area contributed by atoms with Gasteiger partial charge in [-0.15, -0.1) is 0 Å². The number of para-hydroxylation sites is 1. The summed E-state index contributed by atoms with van der Waals surface area (Å²) in [5.41, 5.74) is 1.93. The van der Waals surface area contributed by atoms with Crippen molar-refractivity contribution in [2.45, 2.75) is 6.92 Å². The summed E-state index contributed by atoms with van der Waals surface area (Å²) in [6.45, 7) is 4.17. The highest BCUT2D eigenvalue weighted by atomic mass is 35.5. The largest absolute Gasteiger partial charge is 0.352 e. The molecule has 0 unspecified atom stereocenters. The molecule has 3 heterocycles. The van der Waals surface area contributed by atoms with Crippen molar-refractivity contribution in [3.8, 4) is 5.69 Å². The first-order chi connectivity index (χ1) is 15.5. The van der Waals surface area contributed by atoms with Crippen LogP contribution in [-0.4, -0.2) is 56.7 Å². The van der Waals surface area contributed by atoms with Gasteiger partial charge in [-0.2, -0.15) is 5.10 Å². The third kappa shape index (κ3) is 3.67. The Hall–Kier alpha value is -3.52. The Morgan fingerprint density at radius 1 is 1.00 bits per heavy atom. The Kier molecular flexibility index (Phi) is 5.22. The molecule has 1 amide bonds. The van der Waals surface area contributed by atoms with Gasteiger partial charge in [0, 0.05) is 31.7 Å². The lowest BCUT2D eigenvalue weighted by molar-refractivity contribution is 0.0746. The number of halogens is 2. The second-order valence-electron chi connectivity index (χ2n) is 7.63. The summed E-state index contributed by atoms with van der Waals surface area (Å²) in [4.78, 5) is 26.0. The van der Waals surface area contributed by atoms with Crippen LogP contribution in [0.3, 0.4) is 0 Å². The van der Waals surface area contributed by atoms with Crippen LogP contribution in [0.1, 0.15) is 16.2 Å². The van der Waals surface area contributed by atoms with Crippen molar-refractivity contribution in [1.82, 2.24) is 24.6 Å². The van der Waals surface area contributed by atoms with E-state index in [1.54, 1.807) is 15.8 Å². The van der Waals surface area contributed by atoms with E-state index in [2.05, 4.69) is 20.0 Å². The lowest BCUT2D eigenvalue weighted by Gasteiger charge is -2.35. The van der Waals surface area contributed by atoms with Gasteiger partial charge in [-0.1, -0.05) is 23.7 Å². The van der Waals surface area contributed by atoms with Gasteiger partial charge in [0.15, 0.2) is 5.65 Å². The van der Waals surface area contributed by atoms with E-state index in [9.17, 15) is 9.18 Å². The van der Waals surface area contributed by atoms with Gasteiger partial charge >= 0.3 is 0 Å². The fraction of sp³-hybridized carbons (Fsp3) is 0.217. The number of aryl methyl sites for hydroxylation is 1. The van der Waals surface area contributed by atoms with Crippen LogP contribution in [0.5, 0.6) is 0 Å². The van der Waals surface area contributed by atoms with E-state index in [4.69, 9.17) is 11.6 Å². The molecule has 0 aliphatic carbocycles. The highest BCUT2D eigenvalue weighted by molar-refractivity contribution is 6.32. The number of fused-ring (bicyclic) bond motifs is 1. The number of carbonyl (C=O) groups is 1. The monoisotopic (exact) mass is 450 g/mol. The number of rotatable bonds is 3. The average Bonchev–Trinajstić information content (AvgIpc) is 3.22. The molecule has 9 heteroatoms. The van der Waals surface area contributed by atoms with E-state index in [-0.39, 0.29) is 11.7 Å². The number of nitrogens with zero attached hydrogens (tertiary/aromatic N) is 6. The zero-order valence-corrected chi connectivity index (χ0v) is 18.1. The van der Waals surface area contributed by atoms with Gasteiger partial charge in [0.1, 0.15) is 17.5 Å². The molecular formula is C23H20ClFN6O. The number of aromatic nitrogens is 4. The maximum atomic E-state index is 13.2. The fourth-order valence-electron chi connectivity index (χ4n) is 3.94. The summed E-state index contributed by atoms with van der Waals surface area (Å²) in [7, 11) is 0. The summed E-state index contributed by atoms with van der Waals surface area (Å²) in [5.74, 6) is 0.970. The second-order valence-corrected chi connectivity index (χ2v) is 8.03. The molecule has 1 aliphatic rings. The number of benzene rings is 2. The van der Waals surface area contributed by atoms with E-state index in [1.165, 1.54) is 24.3 Å². The van der Waals surface area contributed by atoms with Gasteiger partial charge in [-0.25, -0.2) is 19.0 Å². The molecule has 0 N–H and O–H groups in total. The molecule has 4 aromatic rings. The molecular weight excluding hydrogens is 431 g/mol. The lowest BCUT2D eigenvalue weighted by atomic mass is 10.1. The van der Waals surface area contributed by atoms with Crippen LogP contribution in [0.2, 0.25) is 5.02 Å². The first-order valence-electron chi connectivity index (χ1n) is 10.3. The van der Waals surface area contributed by atoms with Crippen LogP contribution in [-0.2, 0) is 0 Å². The molecule has 0 bridgehead atoms.